The van der Waals surface area contributed by atoms with E-state index in [-0.39, 0.29) is 29.6 Å². The lowest BCUT2D eigenvalue weighted by Crippen LogP contribution is -2.36. The van der Waals surface area contributed by atoms with Gasteiger partial charge >= 0.3 is 6.03 Å². The predicted octanol–water partition coefficient (Wildman–Crippen LogP) is 1.01. The Morgan fingerprint density at radius 2 is 2.22 bits per heavy atom. The van der Waals surface area contributed by atoms with Gasteiger partial charge < -0.3 is 5.32 Å². The molecular weight excluding hydrogens is 272 g/mol. The average molecular weight is 286 g/mol. The minimum Gasteiger partial charge on any atom is -0.332 e. The summed E-state index contributed by atoms with van der Waals surface area (Å²) in [5.74, 6) is 0.127. The van der Waals surface area contributed by atoms with Crippen LogP contribution in [0.5, 0.6) is 0 Å². The molecule has 3 heterocycles. The number of urea groups is 1. The molecule has 1 N–H and O–H groups in total. The molecule has 2 atom stereocenters. The van der Waals surface area contributed by atoms with Gasteiger partial charge in [-0.05, 0) is 18.6 Å². The summed E-state index contributed by atoms with van der Waals surface area (Å²) < 4.78 is 23.2. The minimum atomic E-state index is -3.02. The molecule has 2 aliphatic heterocycles. The molecule has 0 saturated carbocycles. The van der Waals surface area contributed by atoms with E-state index in [1.807, 2.05) is 12.1 Å². The molecule has 5 nitrogen and oxygen atoms in total. The second-order valence-corrected chi connectivity index (χ2v) is 7.96. The number of rotatable bonds is 2. The van der Waals surface area contributed by atoms with Crippen LogP contribution >= 0.6 is 11.3 Å². The fraction of sp³-hybridized carbons (Fsp3) is 0.545. The van der Waals surface area contributed by atoms with Crippen molar-refractivity contribution >= 4 is 32.2 Å². The third-order valence-corrected chi connectivity index (χ3v) is 6.36. The molecule has 1 aromatic heterocycles. The van der Waals surface area contributed by atoms with Crippen molar-refractivity contribution in [2.75, 3.05) is 16.4 Å². The zero-order valence-corrected chi connectivity index (χ0v) is 11.6. The van der Waals surface area contributed by atoms with Crippen LogP contribution in [-0.4, -0.2) is 38.0 Å². The molecule has 2 aliphatic rings. The van der Waals surface area contributed by atoms with E-state index < -0.39 is 9.84 Å². The third kappa shape index (κ3) is 1.81. The first-order valence-electron chi connectivity index (χ1n) is 5.89. The second-order valence-electron chi connectivity index (χ2n) is 4.66. The Hall–Kier alpha value is -1.08. The molecule has 18 heavy (non-hydrogen) atoms. The van der Waals surface area contributed by atoms with Gasteiger partial charge in [0, 0.05) is 4.88 Å². The van der Waals surface area contributed by atoms with Gasteiger partial charge in [-0.1, -0.05) is 6.92 Å². The Balaban J connectivity index is 1.94. The van der Waals surface area contributed by atoms with Crippen LogP contribution in [0.1, 0.15) is 11.8 Å². The Morgan fingerprint density at radius 3 is 2.89 bits per heavy atom. The summed E-state index contributed by atoms with van der Waals surface area (Å²) in [4.78, 5) is 14.7. The lowest BCUT2D eigenvalue weighted by atomic mass is 10.2. The lowest BCUT2D eigenvalue weighted by Gasteiger charge is -2.18. The highest BCUT2D eigenvalue weighted by Crippen LogP contribution is 2.34. The normalized spacial score (nSPS) is 29.4. The zero-order valence-electron chi connectivity index (χ0n) is 9.92. The van der Waals surface area contributed by atoms with Gasteiger partial charge in [0.25, 0.3) is 0 Å². The molecule has 3 rings (SSSR count). The van der Waals surface area contributed by atoms with E-state index in [0.29, 0.717) is 0 Å². The van der Waals surface area contributed by atoms with Crippen molar-refractivity contribution in [1.82, 2.24) is 5.32 Å². The first kappa shape index (κ1) is 12.0. The predicted molar refractivity (Wildman–Crippen MR) is 70.9 cm³/mol. The molecule has 0 radical (unpaired) electrons. The topological polar surface area (TPSA) is 66.5 Å². The first-order chi connectivity index (χ1) is 8.50. The summed E-state index contributed by atoms with van der Waals surface area (Å²) in [7, 11) is -3.02. The number of hydrogen-bond acceptors (Lipinski definition) is 4. The van der Waals surface area contributed by atoms with Crippen molar-refractivity contribution in [1.29, 1.82) is 0 Å². The van der Waals surface area contributed by atoms with Gasteiger partial charge in [-0.3, -0.25) is 4.90 Å². The molecule has 0 aliphatic carbocycles. The van der Waals surface area contributed by atoms with E-state index >= 15 is 0 Å². The smallest absolute Gasteiger partial charge is 0.323 e. The molecule has 0 bridgehead atoms. The van der Waals surface area contributed by atoms with Gasteiger partial charge in [-0.25, -0.2) is 13.2 Å². The number of nitrogens with one attached hydrogen (secondary N) is 1. The van der Waals surface area contributed by atoms with Gasteiger partial charge in [0.2, 0.25) is 0 Å². The van der Waals surface area contributed by atoms with Gasteiger partial charge in [-0.15, -0.1) is 11.3 Å². The molecule has 98 valence electrons. The Morgan fingerprint density at radius 1 is 1.44 bits per heavy atom. The molecule has 2 fully saturated rings. The Kier molecular flexibility index (Phi) is 2.63. The number of fused-ring (bicyclic) bond motifs is 1. The maximum absolute atomic E-state index is 11.9. The monoisotopic (exact) mass is 286 g/mol. The van der Waals surface area contributed by atoms with E-state index in [9.17, 15) is 13.2 Å². The number of sulfone groups is 1. The van der Waals surface area contributed by atoms with Crippen LogP contribution in [0.15, 0.2) is 12.1 Å². The molecular formula is C11H14N2O3S2. The number of nitrogens with zero attached hydrogens (tertiary/aromatic N) is 1. The van der Waals surface area contributed by atoms with E-state index in [1.54, 1.807) is 16.2 Å². The van der Waals surface area contributed by atoms with Gasteiger partial charge in [-0.2, -0.15) is 0 Å². The fourth-order valence-electron chi connectivity index (χ4n) is 2.55. The number of thiophene rings is 1. The average Bonchev–Trinajstić information content (AvgIpc) is 2.90. The molecule has 7 heteroatoms. The van der Waals surface area contributed by atoms with Crippen molar-refractivity contribution < 1.29 is 13.2 Å². The highest BCUT2D eigenvalue weighted by atomic mass is 32.2. The third-order valence-electron chi connectivity index (χ3n) is 3.42. The Bertz CT molecular complexity index is 593. The number of carbonyl (C=O) groups is 1. The molecule has 2 saturated heterocycles. The largest absolute Gasteiger partial charge is 0.332 e. The van der Waals surface area contributed by atoms with Crippen LogP contribution in [0.2, 0.25) is 0 Å². The summed E-state index contributed by atoms with van der Waals surface area (Å²) in [6.45, 7) is 2.06. The molecule has 2 amide bonds. The summed E-state index contributed by atoms with van der Waals surface area (Å²) in [5.41, 5.74) is 0. The standard InChI is InChI=1S/C11H14N2O3S2/c1-2-7-3-4-10(17-7)13-9-6-18(15,16)5-8(9)12-11(13)14/h3-4,8-9H,2,5-6H2,1H3,(H,12,14)/t8-,9-/m0/s1. The molecule has 0 spiro atoms. The van der Waals surface area contributed by atoms with Crippen molar-refractivity contribution in [3.63, 3.8) is 0 Å². The molecule has 0 aromatic carbocycles. The van der Waals surface area contributed by atoms with Gasteiger partial charge in [0.05, 0.1) is 28.6 Å². The number of carbonyl (C=O) groups excluding carboxylic acids is 1. The lowest BCUT2D eigenvalue weighted by molar-refractivity contribution is 0.251. The van der Waals surface area contributed by atoms with E-state index in [2.05, 4.69) is 12.2 Å². The number of hydrogen-bond donors (Lipinski definition) is 1. The van der Waals surface area contributed by atoms with Crippen molar-refractivity contribution in [3.05, 3.63) is 17.0 Å². The Labute approximate surface area is 110 Å². The summed E-state index contributed by atoms with van der Waals surface area (Å²) in [6, 6.07) is 3.21. The highest BCUT2D eigenvalue weighted by molar-refractivity contribution is 7.91. The van der Waals surface area contributed by atoms with Gasteiger partial charge in [0.1, 0.15) is 0 Å². The van der Waals surface area contributed by atoms with E-state index in [0.717, 1.165) is 11.4 Å². The van der Waals surface area contributed by atoms with Crippen LogP contribution in [-0.2, 0) is 16.3 Å². The van der Waals surface area contributed by atoms with E-state index in [1.165, 1.54) is 4.88 Å². The molecule has 1 aromatic rings. The summed E-state index contributed by atoms with van der Waals surface area (Å²) in [6.07, 6.45) is 0.923. The SMILES string of the molecule is CCc1ccc(N2C(=O)N[C@H]3CS(=O)(=O)C[C@@H]32)s1. The van der Waals surface area contributed by atoms with Crippen LogP contribution < -0.4 is 10.2 Å². The van der Waals surface area contributed by atoms with Crippen LogP contribution in [0.25, 0.3) is 0 Å². The van der Waals surface area contributed by atoms with Gasteiger partial charge in [0.15, 0.2) is 9.84 Å². The van der Waals surface area contributed by atoms with Crippen molar-refractivity contribution in [3.8, 4) is 0 Å². The maximum atomic E-state index is 11.9. The molecule has 0 unspecified atom stereocenters. The highest BCUT2D eigenvalue weighted by Gasteiger charge is 2.49. The van der Waals surface area contributed by atoms with Crippen LogP contribution in [0.3, 0.4) is 0 Å². The van der Waals surface area contributed by atoms with Crippen molar-refractivity contribution in [2.24, 2.45) is 0 Å². The summed E-state index contributed by atoms with van der Waals surface area (Å²) in [5, 5.41) is 3.60. The minimum absolute atomic E-state index is 0.0614. The fourth-order valence-corrected chi connectivity index (χ4v) is 5.44. The van der Waals surface area contributed by atoms with Crippen molar-refractivity contribution in [2.45, 2.75) is 25.4 Å². The zero-order chi connectivity index (χ0) is 12.9. The maximum Gasteiger partial charge on any atom is 0.323 e. The number of amides is 2. The first-order valence-corrected chi connectivity index (χ1v) is 8.53. The number of anilines is 1. The van der Waals surface area contributed by atoms with Crippen LogP contribution in [0.4, 0.5) is 9.80 Å². The van der Waals surface area contributed by atoms with Crippen LogP contribution in [0, 0.1) is 0 Å². The summed E-state index contributed by atoms with van der Waals surface area (Å²) >= 11 is 1.55. The quantitative estimate of drug-likeness (QED) is 0.825. The number of aryl methyl sites for hydroxylation is 1. The van der Waals surface area contributed by atoms with E-state index in [4.69, 9.17) is 0 Å². The second kappa shape index (κ2) is 3.96.